The van der Waals surface area contributed by atoms with Gasteiger partial charge in [0.15, 0.2) is 5.69 Å². The van der Waals surface area contributed by atoms with Gasteiger partial charge in [0, 0.05) is 19.6 Å². The zero-order valence-corrected chi connectivity index (χ0v) is 15.0. The van der Waals surface area contributed by atoms with Crippen LogP contribution < -0.4 is 11.1 Å². The van der Waals surface area contributed by atoms with Crippen LogP contribution in [0.2, 0.25) is 0 Å². The van der Waals surface area contributed by atoms with Gasteiger partial charge in [-0.2, -0.15) is 17.5 Å². The van der Waals surface area contributed by atoms with Crippen molar-refractivity contribution in [3.63, 3.8) is 0 Å². The van der Waals surface area contributed by atoms with Crippen LogP contribution in [-0.2, 0) is 12.7 Å². The molecule has 1 aromatic heterocycles. The number of benzene rings is 1. The lowest BCUT2D eigenvalue weighted by atomic mass is 10.1. The number of rotatable bonds is 4. The highest BCUT2D eigenvalue weighted by Gasteiger charge is 2.30. The Morgan fingerprint density at radius 2 is 1.81 bits per heavy atom. The minimum absolute atomic E-state index is 0.0295. The highest BCUT2D eigenvalue weighted by Crippen LogP contribution is 2.29. The number of likely N-dealkylation sites (tertiary alicyclic amines) is 1. The van der Waals surface area contributed by atoms with Crippen LogP contribution in [-0.4, -0.2) is 34.2 Å². The van der Waals surface area contributed by atoms with Crippen molar-refractivity contribution in [2.45, 2.75) is 25.6 Å². The van der Waals surface area contributed by atoms with E-state index in [1.807, 2.05) is 0 Å². The lowest BCUT2D eigenvalue weighted by molar-refractivity contribution is -0.137. The standard InChI is InChI=1S/C17H17F3N4O2S/c18-17(19,20)11-5-3-10(4-6-11)9-22-15(25)14-12(21)13(23-27-14)16(26)24-7-1-2-8-24/h3-6H,1-2,7-9,21H2,(H,22,25). The van der Waals surface area contributed by atoms with Gasteiger partial charge in [-0.1, -0.05) is 12.1 Å². The molecule has 0 radical (unpaired) electrons. The molecule has 1 aromatic carbocycles. The molecule has 1 aliphatic heterocycles. The molecule has 2 amide bonds. The van der Waals surface area contributed by atoms with Crippen LogP contribution in [0.1, 0.15) is 44.1 Å². The number of amides is 2. The first kappa shape index (κ1) is 19.2. The number of hydrogen-bond donors (Lipinski definition) is 2. The first-order valence-corrected chi connectivity index (χ1v) is 9.03. The van der Waals surface area contributed by atoms with Gasteiger partial charge in [-0.15, -0.1) is 0 Å². The van der Waals surface area contributed by atoms with Crippen LogP contribution in [0.4, 0.5) is 18.9 Å². The SMILES string of the molecule is Nc1c(C(=O)N2CCCC2)nsc1C(=O)NCc1ccc(C(F)(F)F)cc1. The minimum atomic E-state index is -4.41. The van der Waals surface area contributed by atoms with Crippen molar-refractivity contribution >= 4 is 29.0 Å². The third kappa shape index (κ3) is 4.21. The topological polar surface area (TPSA) is 88.3 Å². The molecule has 6 nitrogen and oxygen atoms in total. The maximum absolute atomic E-state index is 12.6. The van der Waals surface area contributed by atoms with E-state index in [0.29, 0.717) is 18.7 Å². The van der Waals surface area contributed by atoms with E-state index in [9.17, 15) is 22.8 Å². The molecule has 2 heterocycles. The van der Waals surface area contributed by atoms with Crippen molar-refractivity contribution in [1.29, 1.82) is 0 Å². The van der Waals surface area contributed by atoms with Gasteiger partial charge in [0.2, 0.25) is 0 Å². The zero-order chi connectivity index (χ0) is 19.6. The molecular formula is C17H17F3N4O2S. The predicted molar refractivity (Wildman–Crippen MR) is 94.3 cm³/mol. The van der Waals surface area contributed by atoms with Crippen molar-refractivity contribution < 1.29 is 22.8 Å². The smallest absolute Gasteiger partial charge is 0.395 e. The van der Waals surface area contributed by atoms with Gasteiger partial charge in [0.05, 0.1) is 11.3 Å². The number of alkyl halides is 3. The van der Waals surface area contributed by atoms with Gasteiger partial charge in [-0.25, -0.2) is 0 Å². The van der Waals surface area contributed by atoms with Crippen molar-refractivity contribution in [3.8, 4) is 0 Å². The van der Waals surface area contributed by atoms with Gasteiger partial charge in [-0.3, -0.25) is 9.59 Å². The van der Waals surface area contributed by atoms with Gasteiger partial charge >= 0.3 is 6.18 Å². The van der Waals surface area contributed by atoms with E-state index in [1.54, 1.807) is 4.90 Å². The fourth-order valence-corrected chi connectivity index (χ4v) is 3.47. The number of anilines is 1. The largest absolute Gasteiger partial charge is 0.416 e. The van der Waals surface area contributed by atoms with Crippen LogP contribution in [0, 0.1) is 0 Å². The summed E-state index contributed by atoms with van der Waals surface area (Å²) in [5, 5.41) is 2.58. The van der Waals surface area contributed by atoms with E-state index >= 15 is 0 Å². The lowest BCUT2D eigenvalue weighted by Crippen LogP contribution is -2.29. The molecule has 0 saturated carbocycles. The van der Waals surface area contributed by atoms with Gasteiger partial charge in [0.1, 0.15) is 4.88 Å². The number of nitrogens with two attached hydrogens (primary N) is 1. The first-order chi connectivity index (χ1) is 12.8. The molecule has 144 valence electrons. The summed E-state index contributed by atoms with van der Waals surface area (Å²) in [4.78, 5) is 26.4. The molecule has 0 spiro atoms. The van der Waals surface area contributed by atoms with E-state index in [1.165, 1.54) is 12.1 Å². The Morgan fingerprint density at radius 3 is 2.41 bits per heavy atom. The number of nitrogen functional groups attached to an aromatic ring is 1. The Bertz CT molecular complexity index is 843. The summed E-state index contributed by atoms with van der Waals surface area (Å²) in [6.07, 6.45) is -2.55. The number of nitrogens with zero attached hydrogens (tertiary/aromatic N) is 2. The maximum atomic E-state index is 12.6. The average Bonchev–Trinajstić information content (AvgIpc) is 3.28. The molecule has 0 bridgehead atoms. The molecule has 1 aliphatic rings. The first-order valence-electron chi connectivity index (χ1n) is 8.26. The van der Waals surface area contributed by atoms with Gasteiger partial charge < -0.3 is 16.0 Å². The second kappa shape index (κ2) is 7.55. The molecule has 3 rings (SSSR count). The second-order valence-corrected chi connectivity index (χ2v) is 6.92. The summed E-state index contributed by atoms with van der Waals surface area (Å²) in [6.45, 7) is 1.32. The van der Waals surface area contributed by atoms with E-state index in [0.717, 1.165) is 36.5 Å². The maximum Gasteiger partial charge on any atom is 0.416 e. The molecule has 0 unspecified atom stereocenters. The lowest BCUT2D eigenvalue weighted by Gasteiger charge is -2.13. The fourth-order valence-electron chi connectivity index (χ4n) is 2.76. The molecule has 2 aromatic rings. The fraction of sp³-hybridized carbons (Fsp3) is 0.353. The van der Waals surface area contributed by atoms with E-state index in [4.69, 9.17) is 5.73 Å². The number of carbonyl (C=O) groups is 2. The molecule has 27 heavy (non-hydrogen) atoms. The average molecular weight is 398 g/mol. The third-order valence-electron chi connectivity index (χ3n) is 4.26. The number of carbonyl (C=O) groups excluding carboxylic acids is 2. The Hall–Kier alpha value is -2.62. The Labute approximate surface area is 157 Å². The van der Waals surface area contributed by atoms with Crippen LogP contribution in [0.5, 0.6) is 0 Å². The predicted octanol–water partition coefficient (Wildman–Crippen LogP) is 2.91. The molecule has 1 saturated heterocycles. The monoisotopic (exact) mass is 398 g/mol. The Kier molecular flexibility index (Phi) is 5.36. The highest BCUT2D eigenvalue weighted by molar-refractivity contribution is 7.09. The summed E-state index contributed by atoms with van der Waals surface area (Å²) >= 11 is 0.829. The van der Waals surface area contributed by atoms with Crippen molar-refractivity contribution in [2.24, 2.45) is 0 Å². The summed E-state index contributed by atoms with van der Waals surface area (Å²) in [5.41, 5.74) is 5.78. The van der Waals surface area contributed by atoms with Crippen LogP contribution >= 0.6 is 11.5 Å². The van der Waals surface area contributed by atoms with Gasteiger partial charge in [-0.05, 0) is 42.1 Å². The second-order valence-electron chi connectivity index (χ2n) is 6.15. The van der Waals surface area contributed by atoms with E-state index in [2.05, 4.69) is 9.69 Å². The molecule has 0 aliphatic carbocycles. The Morgan fingerprint density at radius 1 is 1.19 bits per heavy atom. The van der Waals surface area contributed by atoms with Crippen molar-refractivity contribution in [3.05, 3.63) is 46.0 Å². The number of hydrogen-bond acceptors (Lipinski definition) is 5. The van der Waals surface area contributed by atoms with Crippen LogP contribution in [0.3, 0.4) is 0 Å². The molecule has 3 N–H and O–H groups in total. The zero-order valence-electron chi connectivity index (χ0n) is 14.2. The summed E-state index contributed by atoms with van der Waals surface area (Å²) in [6, 6.07) is 4.49. The number of halogens is 3. The van der Waals surface area contributed by atoms with Crippen LogP contribution in [0.15, 0.2) is 24.3 Å². The number of nitrogens with one attached hydrogen (secondary N) is 1. The molecule has 0 atom stereocenters. The van der Waals surface area contributed by atoms with Gasteiger partial charge in [0.25, 0.3) is 11.8 Å². The molecule has 1 fully saturated rings. The highest BCUT2D eigenvalue weighted by atomic mass is 32.1. The van der Waals surface area contributed by atoms with Crippen molar-refractivity contribution in [2.75, 3.05) is 18.8 Å². The summed E-state index contributed by atoms with van der Waals surface area (Å²) in [5.74, 6) is -0.812. The van der Waals surface area contributed by atoms with E-state index < -0.39 is 17.6 Å². The Balaban J connectivity index is 1.64. The normalized spacial score (nSPS) is 14.4. The number of aromatic nitrogens is 1. The third-order valence-corrected chi connectivity index (χ3v) is 5.13. The van der Waals surface area contributed by atoms with Crippen molar-refractivity contribution in [1.82, 2.24) is 14.6 Å². The molecular weight excluding hydrogens is 381 g/mol. The molecule has 10 heteroatoms. The summed E-state index contributed by atoms with van der Waals surface area (Å²) < 4.78 is 41.7. The minimum Gasteiger partial charge on any atom is -0.395 e. The quantitative estimate of drug-likeness (QED) is 0.829. The van der Waals surface area contributed by atoms with E-state index in [-0.39, 0.29) is 28.7 Å². The van der Waals surface area contributed by atoms with Crippen LogP contribution in [0.25, 0.3) is 0 Å². The summed E-state index contributed by atoms with van der Waals surface area (Å²) in [7, 11) is 0.